The van der Waals surface area contributed by atoms with Crippen LogP contribution in [0.1, 0.15) is 13.3 Å². The van der Waals surface area contributed by atoms with E-state index < -0.39 is 10.0 Å². The van der Waals surface area contributed by atoms with Gasteiger partial charge in [0.2, 0.25) is 0 Å². The summed E-state index contributed by atoms with van der Waals surface area (Å²) < 4.78 is 31.9. The first-order valence-corrected chi connectivity index (χ1v) is 7.34. The molecule has 0 aliphatic rings. The van der Waals surface area contributed by atoms with Crippen LogP contribution >= 0.6 is 0 Å². The Bertz CT molecular complexity index is 623. The fraction of sp³-hybridized carbons (Fsp3) is 0.250. The zero-order valence-electron chi connectivity index (χ0n) is 10.5. The number of aromatic nitrogens is 2. The van der Waals surface area contributed by atoms with E-state index in [4.69, 9.17) is 4.74 Å². The number of benzene rings is 1. The predicted octanol–water partition coefficient (Wildman–Crippen LogP) is 2.00. The number of rotatable bonds is 6. The predicted molar refractivity (Wildman–Crippen MR) is 71.6 cm³/mol. The van der Waals surface area contributed by atoms with Gasteiger partial charge in [-0.3, -0.25) is 9.82 Å². The molecule has 1 heterocycles. The average Bonchev–Trinajstić information content (AvgIpc) is 2.91. The Kier molecular flexibility index (Phi) is 4.06. The molecule has 2 aromatic rings. The first kappa shape index (κ1) is 13.4. The highest BCUT2D eigenvalue weighted by Gasteiger charge is 2.15. The second-order valence-corrected chi connectivity index (χ2v) is 5.60. The molecule has 2 rings (SSSR count). The van der Waals surface area contributed by atoms with Gasteiger partial charge in [0, 0.05) is 12.3 Å². The van der Waals surface area contributed by atoms with Crippen LogP contribution < -0.4 is 9.46 Å². The van der Waals surface area contributed by atoms with E-state index >= 15 is 0 Å². The van der Waals surface area contributed by atoms with Gasteiger partial charge in [-0.1, -0.05) is 13.0 Å². The van der Waals surface area contributed by atoms with Crippen LogP contribution in [0.4, 0.5) is 5.69 Å². The lowest BCUT2D eigenvalue weighted by molar-refractivity contribution is 0.317. The van der Waals surface area contributed by atoms with Gasteiger partial charge in [0.15, 0.2) is 0 Å². The minimum absolute atomic E-state index is 0.0902. The monoisotopic (exact) mass is 281 g/mol. The van der Waals surface area contributed by atoms with Gasteiger partial charge < -0.3 is 4.74 Å². The van der Waals surface area contributed by atoms with Crippen molar-refractivity contribution in [2.24, 2.45) is 0 Å². The molecule has 0 fully saturated rings. The minimum Gasteiger partial charge on any atom is -0.494 e. The molecule has 2 N–H and O–H groups in total. The van der Waals surface area contributed by atoms with E-state index in [-0.39, 0.29) is 4.90 Å². The topological polar surface area (TPSA) is 84.1 Å². The summed E-state index contributed by atoms with van der Waals surface area (Å²) in [7, 11) is -3.61. The van der Waals surface area contributed by atoms with Gasteiger partial charge in [0.25, 0.3) is 10.0 Å². The van der Waals surface area contributed by atoms with Crippen molar-refractivity contribution in [2.75, 3.05) is 11.3 Å². The first-order chi connectivity index (χ1) is 9.12. The van der Waals surface area contributed by atoms with Crippen LogP contribution in [-0.2, 0) is 10.0 Å². The van der Waals surface area contributed by atoms with Gasteiger partial charge in [-0.2, -0.15) is 5.10 Å². The van der Waals surface area contributed by atoms with Crippen molar-refractivity contribution in [1.29, 1.82) is 0 Å². The quantitative estimate of drug-likeness (QED) is 0.848. The Labute approximate surface area is 111 Å². The van der Waals surface area contributed by atoms with Crippen molar-refractivity contribution < 1.29 is 13.2 Å². The van der Waals surface area contributed by atoms with Crippen LogP contribution in [-0.4, -0.2) is 25.2 Å². The highest BCUT2D eigenvalue weighted by atomic mass is 32.2. The molecule has 19 heavy (non-hydrogen) atoms. The molecule has 0 amide bonds. The van der Waals surface area contributed by atoms with Gasteiger partial charge in [0.1, 0.15) is 10.6 Å². The molecular formula is C12H15N3O3S. The van der Waals surface area contributed by atoms with Gasteiger partial charge >= 0.3 is 0 Å². The molecular weight excluding hydrogens is 266 g/mol. The Morgan fingerprint density at radius 1 is 1.42 bits per heavy atom. The van der Waals surface area contributed by atoms with E-state index in [0.29, 0.717) is 18.0 Å². The molecule has 0 spiro atoms. The SMILES string of the molecule is CCCOc1cccc(NS(=O)(=O)c2cn[nH]c2)c1. The lowest BCUT2D eigenvalue weighted by Gasteiger charge is -2.09. The maximum atomic E-state index is 12.0. The Morgan fingerprint density at radius 2 is 2.26 bits per heavy atom. The molecule has 0 radical (unpaired) electrons. The van der Waals surface area contributed by atoms with Crippen LogP contribution in [0.2, 0.25) is 0 Å². The lowest BCUT2D eigenvalue weighted by atomic mass is 10.3. The summed E-state index contributed by atoms with van der Waals surface area (Å²) in [6.45, 7) is 2.60. The van der Waals surface area contributed by atoms with Gasteiger partial charge in [-0.05, 0) is 18.6 Å². The smallest absolute Gasteiger partial charge is 0.265 e. The molecule has 0 unspecified atom stereocenters. The summed E-state index contributed by atoms with van der Waals surface area (Å²) in [5.74, 6) is 0.634. The molecule has 0 saturated carbocycles. The third-order valence-electron chi connectivity index (χ3n) is 2.34. The number of hydrogen-bond acceptors (Lipinski definition) is 4. The van der Waals surface area contributed by atoms with Gasteiger partial charge in [-0.15, -0.1) is 0 Å². The summed E-state index contributed by atoms with van der Waals surface area (Å²) in [6.07, 6.45) is 3.46. The van der Waals surface area contributed by atoms with Crippen molar-refractivity contribution >= 4 is 15.7 Å². The molecule has 1 aromatic heterocycles. The van der Waals surface area contributed by atoms with Crippen LogP contribution in [0.25, 0.3) is 0 Å². The number of ether oxygens (including phenoxy) is 1. The zero-order chi connectivity index (χ0) is 13.7. The summed E-state index contributed by atoms with van der Waals surface area (Å²) in [6, 6.07) is 6.83. The van der Waals surface area contributed by atoms with E-state index in [1.54, 1.807) is 24.3 Å². The number of hydrogen-bond donors (Lipinski definition) is 2. The van der Waals surface area contributed by atoms with Crippen LogP contribution in [0.15, 0.2) is 41.6 Å². The van der Waals surface area contributed by atoms with Crippen LogP contribution in [0.3, 0.4) is 0 Å². The molecule has 0 aliphatic carbocycles. The van der Waals surface area contributed by atoms with Crippen molar-refractivity contribution in [3.8, 4) is 5.75 Å². The normalized spacial score (nSPS) is 11.2. The summed E-state index contributed by atoms with van der Waals surface area (Å²) in [5.41, 5.74) is 0.454. The van der Waals surface area contributed by atoms with E-state index in [1.807, 2.05) is 6.92 Å². The largest absolute Gasteiger partial charge is 0.494 e. The molecule has 1 aromatic carbocycles. The first-order valence-electron chi connectivity index (χ1n) is 5.86. The minimum atomic E-state index is -3.61. The Balaban J connectivity index is 2.15. The number of aromatic amines is 1. The summed E-state index contributed by atoms with van der Waals surface area (Å²) in [5, 5.41) is 6.09. The summed E-state index contributed by atoms with van der Waals surface area (Å²) >= 11 is 0. The van der Waals surface area contributed by atoms with Gasteiger partial charge in [0.05, 0.1) is 18.5 Å². The molecule has 6 nitrogen and oxygen atoms in total. The highest BCUT2D eigenvalue weighted by molar-refractivity contribution is 7.92. The molecule has 0 bridgehead atoms. The molecule has 0 aliphatic heterocycles. The number of sulfonamides is 1. The standard InChI is InChI=1S/C12H15N3O3S/c1-2-6-18-11-5-3-4-10(7-11)15-19(16,17)12-8-13-14-9-12/h3-5,7-9,15H,2,6H2,1H3,(H,13,14). The zero-order valence-corrected chi connectivity index (χ0v) is 11.3. The third-order valence-corrected chi connectivity index (χ3v) is 3.69. The Morgan fingerprint density at radius 3 is 2.95 bits per heavy atom. The maximum absolute atomic E-state index is 12.0. The number of nitrogens with zero attached hydrogens (tertiary/aromatic N) is 1. The fourth-order valence-electron chi connectivity index (χ4n) is 1.47. The van der Waals surface area contributed by atoms with Crippen LogP contribution in [0, 0.1) is 0 Å². The highest BCUT2D eigenvalue weighted by Crippen LogP contribution is 2.20. The molecule has 0 saturated heterocycles. The number of anilines is 1. The second-order valence-electron chi connectivity index (χ2n) is 3.92. The van der Waals surface area contributed by atoms with Crippen molar-refractivity contribution in [2.45, 2.75) is 18.2 Å². The molecule has 0 atom stereocenters. The van der Waals surface area contributed by atoms with E-state index in [2.05, 4.69) is 14.9 Å². The third kappa shape index (κ3) is 3.47. The molecule has 102 valence electrons. The fourth-order valence-corrected chi connectivity index (χ4v) is 2.42. The van der Waals surface area contributed by atoms with Gasteiger partial charge in [-0.25, -0.2) is 8.42 Å². The van der Waals surface area contributed by atoms with Crippen molar-refractivity contribution in [3.63, 3.8) is 0 Å². The lowest BCUT2D eigenvalue weighted by Crippen LogP contribution is -2.12. The average molecular weight is 281 g/mol. The van der Waals surface area contributed by atoms with Crippen molar-refractivity contribution in [1.82, 2.24) is 10.2 Å². The van der Waals surface area contributed by atoms with E-state index in [9.17, 15) is 8.42 Å². The second kappa shape index (κ2) is 5.75. The molecule has 7 heteroatoms. The Hall–Kier alpha value is -2.02. The number of nitrogens with one attached hydrogen (secondary N) is 2. The maximum Gasteiger partial charge on any atom is 0.265 e. The van der Waals surface area contributed by atoms with E-state index in [1.165, 1.54) is 12.4 Å². The van der Waals surface area contributed by atoms with E-state index in [0.717, 1.165) is 6.42 Å². The summed E-state index contributed by atoms with van der Waals surface area (Å²) in [4.78, 5) is 0.0902. The van der Waals surface area contributed by atoms with Crippen LogP contribution in [0.5, 0.6) is 5.75 Å². The van der Waals surface area contributed by atoms with Crippen molar-refractivity contribution in [3.05, 3.63) is 36.7 Å². The number of H-pyrrole nitrogens is 1.